The molecular formula is C20H32N2O3. The van der Waals surface area contributed by atoms with Crippen LogP contribution in [0.25, 0.3) is 0 Å². The molecule has 1 aliphatic heterocycles. The molecule has 140 valence electrons. The Morgan fingerprint density at radius 2 is 2.00 bits per heavy atom. The van der Waals surface area contributed by atoms with Gasteiger partial charge in [0.2, 0.25) is 5.91 Å². The molecule has 0 radical (unpaired) electrons. The topological polar surface area (TPSA) is 50.8 Å². The van der Waals surface area contributed by atoms with Crippen molar-refractivity contribution < 1.29 is 14.3 Å². The van der Waals surface area contributed by atoms with Crippen LogP contribution in [0.4, 0.5) is 0 Å². The summed E-state index contributed by atoms with van der Waals surface area (Å²) in [7, 11) is 1.62. The summed E-state index contributed by atoms with van der Waals surface area (Å²) in [4.78, 5) is 14.6. The molecule has 5 nitrogen and oxygen atoms in total. The van der Waals surface area contributed by atoms with Crippen molar-refractivity contribution in [1.29, 1.82) is 0 Å². The molecule has 0 unspecified atom stereocenters. The summed E-state index contributed by atoms with van der Waals surface area (Å²) in [6.07, 6.45) is 2.43. The minimum absolute atomic E-state index is 0.0633. The third-order valence-electron chi connectivity index (χ3n) is 4.48. The lowest BCUT2D eigenvalue weighted by Crippen LogP contribution is -2.45. The zero-order valence-electron chi connectivity index (χ0n) is 16.0. The van der Waals surface area contributed by atoms with Gasteiger partial charge in [0.15, 0.2) is 11.5 Å². The molecule has 1 saturated heterocycles. The van der Waals surface area contributed by atoms with Crippen LogP contribution in [0.2, 0.25) is 0 Å². The average molecular weight is 348 g/mol. The van der Waals surface area contributed by atoms with E-state index in [9.17, 15) is 4.79 Å². The number of hydrogen-bond donors (Lipinski definition) is 1. The second kappa shape index (κ2) is 9.66. The maximum Gasteiger partial charge on any atom is 0.223 e. The Labute approximate surface area is 151 Å². The van der Waals surface area contributed by atoms with E-state index in [0.29, 0.717) is 36.5 Å². The molecule has 0 spiro atoms. The normalized spacial score (nSPS) is 16.0. The van der Waals surface area contributed by atoms with Gasteiger partial charge >= 0.3 is 0 Å². The van der Waals surface area contributed by atoms with Gasteiger partial charge in [-0.3, -0.25) is 4.79 Å². The predicted octanol–water partition coefficient (Wildman–Crippen LogP) is 3.01. The van der Waals surface area contributed by atoms with Crippen LogP contribution in [0.3, 0.4) is 0 Å². The van der Waals surface area contributed by atoms with E-state index < -0.39 is 0 Å². The number of amides is 1. The van der Waals surface area contributed by atoms with E-state index in [2.05, 4.69) is 24.1 Å². The number of piperidine rings is 1. The van der Waals surface area contributed by atoms with Crippen LogP contribution >= 0.6 is 0 Å². The summed E-state index contributed by atoms with van der Waals surface area (Å²) in [5, 5.41) is 3.14. The summed E-state index contributed by atoms with van der Waals surface area (Å²) >= 11 is 0. The number of ether oxygens (including phenoxy) is 2. The Morgan fingerprint density at radius 1 is 1.28 bits per heavy atom. The number of methoxy groups -OCH3 is 1. The highest BCUT2D eigenvalue weighted by atomic mass is 16.5. The summed E-state index contributed by atoms with van der Waals surface area (Å²) in [6.45, 7) is 10.1. The van der Waals surface area contributed by atoms with Crippen molar-refractivity contribution in [3.8, 4) is 11.5 Å². The molecule has 0 aliphatic carbocycles. The molecular weight excluding hydrogens is 316 g/mol. The van der Waals surface area contributed by atoms with Gasteiger partial charge in [-0.2, -0.15) is 0 Å². The number of nitrogens with one attached hydrogen (secondary N) is 1. The van der Waals surface area contributed by atoms with E-state index in [1.165, 1.54) is 0 Å². The first-order chi connectivity index (χ1) is 12.0. The van der Waals surface area contributed by atoms with Gasteiger partial charge in [0, 0.05) is 25.7 Å². The number of carbonyl (C=O) groups is 1. The van der Waals surface area contributed by atoms with Crippen molar-refractivity contribution in [1.82, 2.24) is 10.2 Å². The first kappa shape index (κ1) is 19.6. The largest absolute Gasteiger partial charge is 0.493 e. The lowest BCUT2D eigenvalue weighted by atomic mass is 10.0. The molecule has 2 rings (SSSR count). The highest BCUT2D eigenvalue weighted by Gasteiger charge is 2.20. The van der Waals surface area contributed by atoms with Gasteiger partial charge in [-0.05, 0) is 43.4 Å². The van der Waals surface area contributed by atoms with Gasteiger partial charge < -0.3 is 19.7 Å². The number of rotatable bonds is 8. The van der Waals surface area contributed by atoms with Gasteiger partial charge in [-0.1, -0.05) is 19.9 Å². The fourth-order valence-electron chi connectivity index (χ4n) is 3.22. The molecule has 0 aromatic heterocycles. The molecule has 1 aliphatic rings. The monoisotopic (exact) mass is 348 g/mol. The van der Waals surface area contributed by atoms with Crippen LogP contribution in [-0.2, 0) is 4.79 Å². The molecule has 0 bridgehead atoms. The second-order valence-corrected chi connectivity index (χ2v) is 7.29. The van der Waals surface area contributed by atoms with Crippen molar-refractivity contribution in [2.75, 3.05) is 33.4 Å². The van der Waals surface area contributed by atoms with Gasteiger partial charge in [-0.15, -0.1) is 0 Å². The minimum atomic E-state index is 0.0633. The third-order valence-corrected chi connectivity index (χ3v) is 4.48. The molecule has 5 heteroatoms. The molecule has 1 aromatic carbocycles. The number of hydrogen-bond acceptors (Lipinski definition) is 4. The minimum Gasteiger partial charge on any atom is -0.493 e. The van der Waals surface area contributed by atoms with Crippen LogP contribution < -0.4 is 14.8 Å². The van der Waals surface area contributed by atoms with Gasteiger partial charge in [0.25, 0.3) is 0 Å². The number of nitrogens with zero attached hydrogens (tertiary/aromatic N) is 1. The third kappa shape index (κ3) is 6.58. The van der Waals surface area contributed by atoms with Gasteiger partial charge in [-0.25, -0.2) is 0 Å². The zero-order chi connectivity index (χ0) is 18.2. The van der Waals surface area contributed by atoms with Crippen LogP contribution in [0.5, 0.6) is 11.5 Å². The molecule has 0 atom stereocenters. The Morgan fingerprint density at radius 3 is 2.64 bits per heavy atom. The Balaban J connectivity index is 1.68. The Hall–Kier alpha value is -1.75. The number of aryl methyl sites for hydroxylation is 1. The molecule has 1 fully saturated rings. The maximum atomic E-state index is 12.1. The predicted molar refractivity (Wildman–Crippen MR) is 100 cm³/mol. The van der Waals surface area contributed by atoms with E-state index in [1.54, 1.807) is 7.11 Å². The number of likely N-dealkylation sites (tertiary alicyclic amines) is 1. The molecule has 1 aromatic rings. The number of benzene rings is 1. The highest BCUT2D eigenvalue weighted by molar-refractivity contribution is 5.76. The summed E-state index contributed by atoms with van der Waals surface area (Å²) in [5.74, 6) is 2.15. The SMILES string of the molecule is COc1cc(C)ccc1OCCC(=O)NC1CCN(CC(C)C)CC1. The summed E-state index contributed by atoms with van der Waals surface area (Å²) in [6, 6.07) is 6.09. The van der Waals surface area contributed by atoms with Crippen molar-refractivity contribution in [3.63, 3.8) is 0 Å². The Kier molecular flexibility index (Phi) is 7.56. The summed E-state index contributed by atoms with van der Waals surface area (Å²) in [5.41, 5.74) is 1.12. The first-order valence-corrected chi connectivity index (χ1v) is 9.27. The van der Waals surface area contributed by atoms with E-state index in [-0.39, 0.29) is 5.91 Å². The highest BCUT2D eigenvalue weighted by Crippen LogP contribution is 2.27. The fraction of sp³-hybridized carbons (Fsp3) is 0.650. The lowest BCUT2D eigenvalue weighted by Gasteiger charge is -2.33. The van der Waals surface area contributed by atoms with E-state index in [0.717, 1.165) is 38.0 Å². The molecule has 1 amide bonds. The van der Waals surface area contributed by atoms with Crippen molar-refractivity contribution >= 4 is 5.91 Å². The quantitative estimate of drug-likeness (QED) is 0.785. The average Bonchev–Trinajstić information content (AvgIpc) is 2.57. The smallest absolute Gasteiger partial charge is 0.223 e. The van der Waals surface area contributed by atoms with Crippen molar-refractivity contribution in [3.05, 3.63) is 23.8 Å². The molecule has 25 heavy (non-hydrogen) atoms. The fourth-order valence-corrected chi connectivity index (χ4v) is 3.22. The standard InChI is InChI=1S/C20H32N2O3/c1-15(2)14-22-10-7-17(8-11-22)21-20(23)9-12-25-18-6-5-16(3)13-19(18)24-4/h5-6,13,15,17H,7-12,14H2,1-4H3,(H,21,23). The van der Waals surface area contributed by atoms with Crippen LogP contribution in [0, 0.1) is 12.8 Å². The molecule has 0 saturated carbocycles. The molecule has 1 heterocycles. The molecule has 1 N–H and O–H groups in total. The van der Waals surface area contributed by atoms with Gasteiger partial charge in [0.1, 0.15) is 0 Å². The van der Waals surface area contributed by atoms with Crippen LogP contribution in [0.15, 0.2) is 18.2 Å². The van der Waals surface area contributed by atoms with Gasteiger partial charge in [0.05, 0.1) is 20.1 Å². The maximum absolute atomic E-state index is 12.1. The van der Waals surface area contributed by atoms with E-state index >= 15 is 0 Å². The van der Waals surface area contributed by atoms with Crippen LogP contribution in [-0.4, -0.2) is 50.2 Å². The number of carbonyl (C=O) groups excluding carboxylic acids is 1. The lowest BCUT2D eigenvalue weighted by molar-refractivity contribution is -0.122. The summed E-state index contributed by atoms with van der Waals surface area (Å²) < 4.78 is 11.0. The zero-order valence-corrected chi connectivity index (χ0v) is 16.0. The van der Waals surface area contributed by atoms with Crippen molar-refractivity contribution in [2.45, 2.75) is 46.1 Å². The van der Waals surface area contributed by atoms with E-state index in [1.807, 2.05) is 25.1 Å². The Bertz CT molecular complexity index is 552. The second-order valence-electron chi connectivity index (χ2n) is 7.29. The van der Waals surface area contributed by atoms with E-state index in [4.69, 9.17) is 9.47 Å². The van der Waals surface area contributed by atoms with Crippen molar-refractivity contribution in [2.24, 2.45) is 5.92 Å². The van der Waals surface area contributed by atoms with Crippen LogP contribution in [0.1, 0.15) is 38.7 Å². The first-order valence-electron chi connectivity index (χ1n) is 9.27.